The minimum absolute atomic E-state index is 0.0555. The lowest BCUT2D eigenvalue weighted by Gasteiger charge is -2.07. The van der Waals surface area contributed by atoms with Crippen molar-refractivity contribution in [3.63, 3.8) is 0 Å². The molecule has 0 atom stereocenters. The molecule has 0 spiro atoms. The molecule has 0 saturated heterocycles. The Morgan fingerprint density at radius 3 is 2.94 bits per heavy atom. The number of rotatable bonds is 3. The Balaban J connectivity index is 1.96. The molecule has 0 aliphatic heterocycles. The Kier molecular flexibility index (Phi) is 2.59. The molecule has 0 bridgehead atoms. The second-order valence-corrected chi connectivity index (χ2v) is 4.27. The highest BCUT2D eigenvalue weighted by molar-refractivity contribution is 5.62. The zero-order valence-electron chi connectivity index (χ0n) is 9.64. The first-order valence-corrected chi connectivity index (χ1v) is 5.77. The first-order chi connectivity index (χ1) is 8.72. The van der Waals surface area contributed by atoms with Crippen LogP contribution in [0.3, 0.4) is 0 Å². The predicted molar refractivity (Wildman–Crippen MR) is 65.5 cm³/mol. The van der Waals surface area contributed by atoms with Gasteiger partial charge in [-0.2, -0.15) is 0 Å². The van der Waals surface area contributed by atoms with Gasteiger partial charge < -0.3 is 10.5 Å². The highest BCUT2D eigenvalue weighted by atomic mass is 19.1. The Bertz CT molecular complexity index is 584. The van der Waals surface area contributed by atoms with E-state index < -0.39 is 5.82 Å². The van der Waals surface area contributed by atoms with Crippen LogP contribution in [0.25, 0.3) is 11.3 Å². The van der Waals surface area contributed by atoms with Gasteiger partial charge in [0.05, 0.1) is 12.3 Å². The van der Waals surface area contributed by atoms with E-state index in [9.17, 15) is 4.39 Å². The molecule has 1 saturated carbocycles. The molecule has 2 aromatic rings. The number of ether oxygens (including phenoxy) is 1. The molecule has 1 heterocycles. The molecular formula is C13H12FN3O. The lowest BCUT2D eigenvalue weighted by molar-refractivity contribution is 0.303. The molecule has 0 radical (unpaired) electrons. The Labute approximate surface area is 104 Å². The van der Waals surface area contributed by atoms with Crippen LogP contribution in [-0.2, 0) is 0 Å². The summed E-state index contributed by atoms with van der Waals surface area (Å²) in [7, 11) is 0. The zero-order valence-corrected chi connectivity index (χ0v) is 9.64. The van der Waals surface area contributed by atoms with Gasteiger partial charge in [-0.15, -0.1) is 0 Å². The standard InChI is InChI=1S/C13H12FN3O/c14-11-7-16-13(15)17-12(11)8-2-1-3-10(6-8)18-9-4-5-9/h1-3,6-7,9H,4-5H2,(H2,15,16,17). The smallest absolute Gasteiger partial charge is 0.220 e. The fraction of sp³-hybridized carbons (Fsp3) is 0.231. The molecule has 0 unspecified atom stereocenters. The van der Waals surface area contributed by atoms with Crippen molar-refractivity contribution in [2.24, 2.45) is 0 Å². The molecule has 1 aromatic heterocycles. The van der Waals surface area contributed by atoms with Gasteiger partial charge >= 0.3 is 0 Å². The third-order valence-corrected chi connectivity index (χ3v) is 2.70. The number of nitrogen functional groups attached to an aromatic ring is 1. The second-order valence-electron chi connectivity index (χ2n) is 4.27. The maximum absolute atomic E-state index is 13.6. The molecule has 18 heavy (non-hydrogen) atoms. The maximum atomic E-state index is 13.6. The van der Waals surface area contributed by atoms with Crippen molar-refractivity contribution in [3.05, 3.63) is 36.3 Å². The van der Waals surface area contributed by atoms with E-state index in [-0.39, 0.29) is 11.6 Å². The Morgan fingerprint density at radius 1 is 1.33 bits per heavy atom. The average Bonchev–Trinajstić information content (AvgIpc) is 3.16. The van der Waals surface area contributed by atoms with Crippen LogP contribution in [0.1, 0.15) is 12.8 Å². The van der Waals surface area contributed by atoms with E-state index in [4.69, 9.17) is 10.5 Å². The fourth-order valence-corrected chi connectivity index (χ4v) is 1.68. The summed E-state index contributed by atoms with van der Waals surface area (Å²) in [6, 6.07) is 7.20. The topological polar surface area (TPSA) is 61.0 Å². The van der Waals surface area contributed by atoms with Crippen molar-refractivity contribution < 1.29 is 9.13 Å². The lowest BCUT2D eigenvalue weighted by Crippen LogP contribution is -2.00. The third-order valence-electron chi connectivity index (χ3n) is 2.70. The van der Waals surface area contributed by atoms with E-state index in [1.165, 1.54) is 0 Å². The number of nitrogens with two attached hydrogens (primary N) is 1. The SMILES string of the molecule is Nc1ncc(F)c(-c2cccc(OC3CC3)c2)n1. The van der Waals surface area contributed by atoms with Crippen LogP contribution in [-0.4, -0.2) is 16.1 Å². The van der Waals surface area contributed by atoms with Crippen LogP contribution in [0.2, 0.25) is 0 Å². The van der Waals surface area contributed by atoms with Crippen LogP contribution in [0.4, 0.5) is 10.3 Å². The number of aromatic nitrogens is 2. The second kappa shape index (κ2) is 4.25. The molecule has 0 amide bonds. The van der Waals surface area contributed by atoms with Crippen LogP contribution < -0.4 is 10.5 Å². The van der Waals surface area contributed by atoms with E-state index in [2.05, 4.69) is 9.97 Å². The molecule has 1 aliphatic rings. The van der Waals surface area contributed by atoms with Crippen LogP contribution in [0.5, 0.6) is 5.75 Å². The first kappa shape index (κ1) is 11.0. The highest BCUT2D eigenvalue weighted by Crippen LogP contribution is 2.30. The van der Waals surface area contributed by atoms with E-state index in [1.54, 1.807) is 12.1 Å². The molecule has 5 heteroatoms. The van der Waals surface area contributed by atoms with Gasteiger partial charge in [-0.25, -0.2) is 14.4 Å². The number of anilines is 1. The van der Waals surface area contributed by atoms with Crippen molar-refractivity contribution in [2.45, 2.75) is 18.9 Å². The maximum Gasteiger partial charge on any atom is 0.220 e. The summed E-state index contributed by atoms with van der Waals surface area (Å²) >= 11 is 0. The van der Waals surface area contributed by atoms with Gasteiger partial charge in [0.15, 0.2) is 5.82 Å². The van der Waals surface area contributed by atoms with Gasteiger partial charge in [0.25, 0.3) is 0 Å². The number of halogens is 1. The number of benzene rings is 1. The summed E-state index contributed by atoms with van der Waals surface area (Å²) in [6.45, 7) is 0. The van der Waals surface area contributed by atoms with Gasteiger partial charge in [-0.05, 0) is 25.0 Å². The van der Waals surface area contributed by atoms with Crippen molar-refractivity contribution in [1.29, 1.82) is 0 Å². The summed E-state index contributed by atoms with van der Waals surface area (Å²) in [6.07, 6.45) is 3.55. The Hall–Kier alpha value is -2.17. The summed E-state index contributed by atoms with van der Waals surface area (Å²) in [5.41, 5.74) is 6.31. The van der Waals surface area contributed by atoms with Gasteiger partial charge in [0, 0.05) is 5.56 Å². The van der Waals surface area contributed by atoms with Crippen molar-refractivity contribution in [1.82, 2.24) is 9.97 Å². The molecule has 1 aromatic carbocycles. The quantitative estimate of drug-likeness (QED) is 0.902. The molecule has 4 nitrogen and oxygen atoms in total. The van der Waals surface area contributed by atoms with Gasteiger partial charge in [0.2, 0.25) is 5.95 Å². The van der Waals surface area contributed by atoms with Crippen molar-refractivity contribution >= 4 is 5.95 Å². The van der Waals surface area contributed by atoms with Gasteiger partial charge in [-0.1, -0.05) is 12.1 Å². The summed E-state index contributed by atoms with van der Waals surface area (Å²) in [4.78, 5) is 7.52. The summed E-state index contributed by atoms with van der Waals surface area (Å²) in [5.74, 6) is 0.291. The minimum Gasteiger partial charge on any atom is -0.490 e. The largest absolute Gasteiger partial charge is 0.490 e. The molecule has 1 aliphatic carbocycles. The lowest BCUT2D eigenvalue weighted by atomic mass is 10.1. The zero-order chi connectivity index (χ0) is 12.5. The Morgan fingerprint density at radius 2 is 2.17 bits per heavy atom. The average molecular weight is 245 g/mol. The first-order valence-electron chi connectivity index (χ1n) is 5.77. The van der Waals surface area contributed by atoms with E-state index in [1.807, 2.05) is 12.1 Å². The van der Waals surface area contributed by atoms with E-state index >= 15 is 0 Å². The predicted octanol–water partition coefficient (Wildman–Crippen LogP) is 2.41. The summed E-state index contributed by atoms with van der Waals surface area (Å²) < 4.78 is 19.3. The van der Waals surface area contributed by atoms with Crippen molar-refractivity contribution in [2.75, 3.05) is 5.73 Å². The molecule has 1 fully saturated rings. The normalized spacial score (nSPS) is 14.5. The third kappa shape index (κ3) is 2.25. The molecule has 92 valence electrons. The molecular weight excluding hydrogens is 233 g/mol. The minimum atomic E-state index is -0.493. The molecule has 2 N–H and O–H groups in total. The van der Waals surface area contributed by atoms with Gasteiger partial charge in [-0.3, -0.25) is 0 Å². The number of hydrogen-bond acceptors (Lipinski definition) is 4. The van der Waals surface area contributed by atoms with E-state index in [0.29, 0.717) is 11.7 Å². The van der Waals surface area contributed by atoms with Crippen molar-refractivity contribution in [3.8, 4) is 17.0 Å². The van der Waals surface area contributed by atoms with Crippen LogP contribution in [0, 0.1) is 5.82 Å². The monoisotopic (exact) mass is 245 g/mol. The number of nitrogens with zero attached hydrogens (tertiary/aromatic N) is 2. The van der Waals surface area contributed by atoms with Crippen LogP contribution >= 0.6 is 0 Å². The summed E-state index contributed by atoms with van der Waals surface area (Å²) in [5, 5.41) is 0. The van der Waals surface area contributed by atoms with Gasteiger partial charge in [0.1, 0.15) is 11.4 Å². The molecule has 3 rings (SSSR count). The fourth-order valence-electron chi connectivity index (χ4n) is 1.68. The van der Waals surface area contributed by atoms with Crippen LogP contribution in [0.15, 0.2) is 30.5 Å². The number of hydrogen-bond donors (Lipinski definition) is 1. The van der Waals surface area contributed by atoms with E-state index in [0.717, 1.165) is 24.8 Å². The highest BCUT2D eigenvalue weighted by Gasteiger charge is 2.23.